The smallest absolute Gasteiger partial charge is 0.0991 e. The Bertz CT molecular complexity index is 565. The van der Waals surface area contributed by atoms with E-state index in [2.05, 4.69) is 42.6 Å². The number of nitriles is 1. The van der Waals surface area contributed by atoms with E-state index in [-0.39, 0.29) is 0 Å². The molecule has 0 aromatic heterocycles. The molecule has 2 rings (SSSR count). The molecule has 0 saturated heterocycles. The Morgan fingerprint density at radius 3 is 2.47 bits per heavy atom. The largest absolute Gasteiger partial charge is 0.312 e. The second-order valence-corrected chi connectivity index (χ2v) is 4.66. The summed E-state index contributed by atoms with van der Waals surface area (Å²) in [7, 11) is 0. The molecule has 0 radical (unpaired) electrons. The maximum atomic E-state index is 8.73. The molecule has 0 aliphatic rings. The third kappa shape index (κ3) is 3.94. The molecule has 0 spiro atoms. The maximum absolute atomic E-state index is 8.73. The van der Waals surface area contributed by atoms with Crippen LogP contribution in [0.1, 0.15) is 22.3 Å². The lowest BCUT2D eigenvalue weighted by Crippen LogP contribution is -2.17. The second kappa shape index (κ2) is 6.72. The van der Waals surface area contributed by atoms with E-state index in [0.717, 1.165) is 19.5 Å². The van der Waals surface area contributed by atoms with Gasteiger partial charge >= 0.3 is 0 Å². The number of nitrogens with one attached hydrogen (secondary N) is 1. The molecular weight excluding hydrogens is 232 g/mol. The number of benzene rings is 2. The van der Waals surface area contributed by atoms with Crippen molar-refractivity contribution in [2.24, 2.45) is 0 Å². The molecule has 0 saturated carbocycles. The fourth-order valence-electron chi connectivity index (χ4n) is 2.04. The lowest BCUT2D eigenvalue weighted by Gasteiger charge is -2.07. The molecule has 2 aromatic carbocycles. The van der Waals surface area contributed by atoms with Crippen LogP contribution < -0.4 is 5.32 Å². The Hall–Kier alpha value is -2.11. The molecular formula is C17H18N2. The Labute approximate surface area is 114 Å². The van der Waals surface area contributed by atoms with Gasteiger partial charge in [0.25, 0.3) is 0 Å². The number of hydrogen-bond donors (Lipinski definition) is 1. The zero-order valence-corrected chi connectivity index (χ0v) is 11.2. The van der Waals surface area contributed by atoms with Crippen LogP contribution in [0.25, 0.3) is 0 Å². The van der Waals surface area contributed by atoms with Crippen LogP contribution in [0.15, 0.2) is 48.5 Å². The van der Waals surface area contributed by atoms with Gasteiger partial charge in [0.05, 0.1) is 11.6 Å². The van der Waals surface area contributed by atoms with Crippen LogP contribution in [0.2, 0.25) is 0 Å². The van der Waals surface area contributed by atoms with Crippen molar-refractivity contribution in [3.63, 3.8) is 0 Å². The van der Waals surface area contributed by atoms with E-state index in [1.807, 2.05) is 24.3 Å². The molecule has 0 bridgehead atoms. The van der Waals surface area contributed by atoms with Crippen LogP contribution >= 0.6 is 0 Å². The fourth-order valence-corrected chi connectivity index (χ4v) is 2.04. The molecule has 1 N–H and O–H groups in total. The number of rotatable bonds is 5. The first-order valence-electron chi connectivity index (χ1n) is 6.54. The van der Waals surface area contributed by atoms with Gasteiger partial charge in [0.15, 0.2) is 0 Å². The third-order valence-corrected chi connectivity index (χ3v) is 3.24. The Balaban J connectivity index is 1.78. The van der Waals surface area contributed by atoms with Gasteiger partial charge in [0.1, 0.15) is 0 Å². The minimum Gasteiger partial charge on any atom is -0.312 e. The first-order valence-corrected chi connectivity index (χ1v) is 6.54. The highest BCUT2D eigenvalue weighted by Crippen LogP contribution is 2.07. The molecule has 0 atom stereocenters. The van der Waals surface area contributed by atoms with Crippen LogP contribution in [0, 0.1) is 18.3 Å². The molecule has 0 aliphatic heterocycles. The average molecular weight is 250 g/mol. The Morgan fingerprint density at radius 1 is 1.05 bits per heavy atom. The zero-order valence-electron chi connectivity index (χ0n) is 11.2. The quantitative estimate of drug-likeness (QED) is 0.827. The molecule has 2 heteroatoms. The lowest BCUT2D eigenvalue weighted by molar-refractivity contribution is 0.685. The summed E-state index contributed by atoms with van der Waals surface area (Å²) >= 11 is 0. The van der Waals surface area contributed by atoms with Gasteiger partial charge in [-0.3, -0.25) is 0 Å². The van der Waals surface area contributed by atoms with E-state index >= 15 is 0 Å². The average Bonchev–Trinajstić information content (AvgIpc) is 2.46. The molecule has 0 aliphatic carbocycles. The molecule has 0 unspecified atom stereocenters. The van der Waals surface area contributed by atoms with Crippen molar-refractivity contribution in [3.05, 3.63) is 70.8 Å². The third-order valence-electron chi connectivity index (χ3n) is 3.24. The lowest BCUT2D eigenvalue weighted by atomic mass is 10.1. The van der Waals surface area contributed by atoms with Crippen LogP contribution in [-0.4, -0.2) is 6.54 Å². The second-order valence-electron chi connectivity index (χ2n) is 4.66. The summed E-state index contributed by atoms with van der Waals surface area (Å²) in [5, 5.41) is 12.2. The predicted octanol–water partition coefficient (Wildman–Crippen LogP) is 3.20. The van der Waals surface area contributed by atoms with Gasteiger partial charge in [-0.15, -0.1) is 0 Å². The van der Waals surface area contributed by atoms with Crippen molar-refractivity contribution < 1.29 is 0 Å². The van der Waals surface area contributed by atoms with E-state index < -0.39 is 0 Å². The summed E-state index contributed by atoms with van der Waals surface area (Å²) in [6.45, 7) is 3.96. The minimum absolute atomic E-state index is 0.712. The van der Waals surface area contributed by atoms with Crippen molar-refractivity contribution >= 4 is 0 Å². The highest BCUT2D eigenvalue weighted by molar-refractivity contribution is 5.31. The highest BCUT2D eigenvalue weighted by Gasteiger charge is 1.97. The standard InChI is InChI=1S/C17H18N2/c1-14-4-2-3-5-17(14)10-11-19-13-16-8-6-15(12-18)7-9-16/h2-9,19H,10-11,13H2,1H3. The van der Waals surface area contributed by atoms with Crippen molar-refractivity contribution in [1.29, 1.82) is 5.26 Å². The number of aryl methyl sites for hydroxylation is 1. The predicted molar refractivity (Wildman–Crippen MR) is 77.7 cm³/mol. The van der Waals surface area contributed by atoms with Crippen LogP contribution in [0.5, 0.6) is 0 Å². The number of nitrogens with zero attached hydrogens (tertiary/aromatic N) is 1. The van der Waals surface area contributed by atoms with E-state index in [4.69, 9.17) is 5.26 Å². The molecule has 0 amide bonds. The topological polar surface area (TPSA) is 35.8 Å². The van der Waals surface area contributed by atoms with Gasteiger partial charge in [-0.1, -0.05) is 36.4 Å². The monoisotopic (exact) mass is 250 g/mol. The molecule has 0 heterocycles. The molecule has 2 nitrogen and oxygen atoms in total. The zero-order chi connectivity index (χ0) is 13.5. The van der Waals surface area contributed by atoms with Gasteiger partial charge < -0.3 is 5.32 Å². The molecule has 96 valence electrons. The first kappa shape index (κ1) is 13.3. The van der Waals surface area contributed by atoms with Crippen molar-refractivity contribution in [1.82, 2.24) is 5.32 Å². The summed E-state index contributed by atoms with van der Waals surface area (Å²) in [4.78, 5) is 0. The Kier molecular flexibility index (Phi) is 4.72. The summed E-state index contributed by atoms with van der Waals surface area (Å²) in [5.74, 6) is 0. The molecule has 2 aromatic rings. The van der Waals surface area contributed by atoms with Gasteiger partial charge in [0, 0.05) is 6.54 Å². The van der Waals surface area contributed by atoms with Crippen LogP contribution in [-0.2, 0) is 13.0 Å². The van der Waals surface area contributed by atoms with Crippen molar-refractivity contribution in [3.8, 4) is 6.07 Å². The summed E-state index contributed by atoms with van der Waals surface area (Å²) in [6.07, 6.45) is 1.04. The normalized spacial score (nSPS) is 10.1. The molecule has 19 heavy (non-hydrogen) atoms. The van der Waals surface area contributed by atoms with Gasteiger partial charge in [-0.25, -0.2) is 0 Å². The highest BCUT2D eigenvalue weighted by atomic mass is 14.8. The van der Waals surface area contributed by atoms with Crippen molar-refractivity contribution in [2.75, 3.05) is 6.54 Å². The fraction of sp³-hybridized carbons (Fsp3) is 0.235. The summed E-state index contributed by atoms with van der Waals surface area (Å²) in [5.41, 5.74) is 4.67. The number of hydrogen-bond acceptors (Lipinski definition) is 2. The van der Waals surface area contributed by atoms with Crippen LogP contribution in [0.3, 0.4) is 0 Å². The van der Waals surface area contributed by atoms with E-state index in [9.17, 15) is 0 Å². The van der Waals surface area contributed by atoms with Crippen LogP contribution in [0.4, 0.5) is 0 Å². The van der Waals surface area contributed by atoms with E-state index in [0.29, 0.717) is 5.56 Å². The minimum atomic E-state index is 0.712. The van der Waals surface area contributed by atoms with Gasteiger partial charge in [0.2, 0.25) is 0 Å². The summed E-state index contributed by atoms with van der Waals surface area (Å²) < 4.78 is 0. The van der Waals surface area contributed by atoms with Crippen molar-refractivity contribution in [2.45, 2.75) is 19.9 Å². The first-order chi connectivity index (χ1) is 9.29. The molecule has 0 fully saturated rings. The summed E-state index contributed by atoms with van der Waals surface area (Å²) in [6, 6.07) is 18.3. The van der Waals surface area contributed by atoms with E-state index in [1.54, 1.807) is 0 Å². The van der Waals surface area contributed by atoms with E-state index in [1.165, 1.54) is 16.7 Å². The van der Waals surface area contributed by atoms with Gasteiger partial charge in [-0.05, 0) is 48.7 Å². The maximum Gasteiger partial charge on any atom is 0.0991 e. The Morgan fingerprint density at radius 2 is 1.79 bits per heavy atom. The van der Waals surface area contributed by atoms with Gasteiger partial charge in [-0.2, -0.15) is 5.26 Å². The SMILES string of the molecule is Cc1ccccc1CCNCc1ccc(C#N)cc1.